The second-order valence-corrected chi connectivity index (χ2v) is 15.7. The zero-order chi connectivity index (χ0) is 40.3. The maximum absolute atomic E-state index is 6.76. The molecule has 0 amide bonds. The van der Waals surface area contributed by atoms with Gasteiger partial charge in [0, 0.05) is 49.6 Å². The van der Waals surface area contributed by atoms with Gasteiger partial charge < -0.3 is 13.9 Å². The van der Waals surface area contributed by atoms with Gasteiger partial charge in [-0.3, -0.25) is 0 Å². The lowest BCUT2D eigenvalue weighted by molar-refractivity contribution is 0.670. The van der Waals surface area contributed by atoms with Crippen LogP contribution in [0.2, 0.25) is 0 Å². The zero-order valence-electron chi connectivity index (χ0n) is 33.2. The van der Waals surface area contributed by atoms with Crippen LogP contribution in [0.1, 0.15) is 0 Å². The van der Waals surface area contributed by atoms with E-state index in [2.05, 4.69) is 234 Å². The predicted molar refractivity (Wildman–Crippen MR) is 257 cm³/mol. The van der Waals surface area contributed by atoms with Crippen LogP contribution in [-0.4, -0.2) is 4.57 Å². The Morgan fingerprint density at radius 2 is 0.951 bits per heavy atom. The van der Waals surface area contributed by atoms with Crippen LogP contribution in [0.5, 0.6) is 0 Å². The highest BCUT2D eigenvalue weighted by atomic mass is 16.3. The fourth-order valence-electron chi connectivity index (χ4n) is 9.29. The number of hydrogen-bond acceptors (Lipinski definition) is 2. The lowest BCUT2D eigenvalue weighted by Crippen LogP contribution is -2.10. The molecule has 12 rings (SSSR count). The van der Waals surface area contributed by atoms with Gasteiger partial charge in [-0.1, -0.05) is 170 Å². The van der Waals surface area contributed by atoms with Crippen molar-refractivity contribution in [3.63, 3.8) is 0 Å². The van der Waals surface area contributed by atoms with Crippen LogP contribution in [0.4, 0.5) is 17.1 Å². The van der Waals surface area contributed by atoms with Crippen molar-refractivity contribution in [3.05, 3.63) is 231 Å². The molecule has 3 heteroatoms. The summed E-state index contributed by atoms with van der Waals surface area (Å²) in [5, 5.41) is 7.03. The highest BCUT2D eigenvalue weighted by Gasteiger charge is 2.21. The summed E-state index contributed by atoms with van der Waals surface area (Å²) in [6.45, 7) is 0. The fourth-order valence-corrected chi connectivity index (χ4v) is 9.29. The Morgan fingerprint density at radius 3 is 1.75 bits per heavy atom. The number of para-hydroxylation sites is 2. The number of anilines is 3. The van der Waals surface area contributed by atoms with E-state index < -0.39 is 0 Å². The van der Waals surface area contributed by atoms with Crippen molar-refractivity contribution in [2.24, 2.45) is 0 Å². The topological polar surface area (TPSA) is 21.3 Å². The van der Waals surface area contributed by atoms with Gasteiger partial charge in [0.15, 0.2) is 0 Å². The van der Waals surface area contributed by atoms with E-state index in [-0.39, 0.29) is 0 Å². The molecule has 0 spiro atoms. The van der Waals surface area contributed by atoms with Gasteiger partial charge in [-0.25, -0.2) is 0 Å². The van der Waals surface area contributed by atoms with Crippen molar-refractivity contribution in [1.82, 2.24) is 4.57 Å². The van der Waals surface area contributed by atoms with E-state index in [1.165, 1.54) is 54.8 Å². The van der Waals surface area contributed by atoms with Crippen molar-refractivity contribution in [2.45, 2.75) is 0 Å². The second kappa shape index (κ2) is 14.3. The molecule has 0 unspecified atom stereocenters. The lowest BCUT2D eigenvalue weighted by atomic mass is 9.99. The van der Waals surface area contributed by atoms with Crippen LogP contribution >= 0.6 is 0 Å². The van der Waals surface area contributed by atoms with Crippen LogP contribution in [0.25, 0.3) is 93.6 Å². The molecule has 3 nitrogen and oxygen atoms in total. The Morgan fingerprint density at radius 1 is 0.344 bits per heavy atom. The summed E-state index contributed by atoms with van der Waals surface area (Å²) >= 11 is 0. The molecule has 0 saturated heterocycles. The molecule has 61 heavy (non-hydrogen) atoms. The van der Waals surface area contributed by atoms with Crippen molar-refractivity contribution < 1.29 is 4.42 Å². The summed E-state index contributed by atoms with van der Waals surface area (Å²) in [7, 11) is 0. The normalized spacial score (nSPS) is 11.6. The molecule has 0 bridgehead atoms. The SMILES string of the molecule is c1ccc(-c2cccc(N(c3ccc(-c4cc(-n5c6ccccc6c6ccc(-c7ccccc7)cc65)cc5c4oc4ccccc45)cc3)c3cccc4ccccc34)c2)cc1. The maximum Gasteiger partial charge on any atom is 0.143 e. The molecule has 286 valence electrons. The number of nitrogens with zero attached hydrogens (tertiary/aromatic N) is 2. The number of hydrogen-bond donors (Lipinski definition) is 0. The fraction of sp³-hybridized carbons (Fsp3) is 0. The van der Waals surface area contributed by atoms with Gasteiger partial charge in [-0.15, -0.1) is 0 Å². The Bertz CT molecular complexity index is 3580. The second-order valence-electron chi connectivity index (χ2n) is 15.7. The van der Waals surface area contributed by atoms with Crippen LogP contribution in [0, 0.1) is 0 Å². The first kappa shape index (κ1) is 34.9. The minimum atomic E-state index is 0.876. The van der Waals surface area contributed by atoms with Crippen LogP contribution < -0.4 is 4.90 Å². The van der Waals surface area contributed by atoms with E-state index in [9.17, 15) is 0 Å². The minimum absolute atomic E-state index is 0.876. The van der Waals surface area contributed by atoms with Crippen molar-refractivity contribution in [3.8, 4) is 39.1 Å². The average Bonchev–Trinajstić information content (AvgIpc) is 3.88. The maximum atomic E-state index is 6.76. The standard InChI is InChI=1S/C58H38N2O/c1-3-15-39(16-4-1)43-21-13-22-46(35-43)59(54-27-14-20-41-19-7-8-23-48(41)54)45-32-29-42(30-33-45)52-37-47(38-53-51-25-10-12-28-57(51)61-58(52)53)60-55-26-11-9-24-49(55)50-34-31-44(36-56(50)60)40-17-5-2-6-18-40/h1-38H. The summed E-state index contributed by atoms with van der Waals surface area (Å²) in [6.07, 6.45) is 0. The molecule has 0 fully saturated rings. The number of aromatic nitrogens is 1. The van der Waals surface area contributed by atoms with Crippen LogP contribution in [0.15, 0.2) is 235 Å². The summed E-state index contributed by atoms with van der Waals surface area (Å²) in [6, 6.07) is 82.9. The van der Waals surface area contributed by atoms with Gasteiger partial charge in [0.25, 0.3) is 0 Å². The third kappa shape index (κ3) is 5.90. The molecule has 10 aromatic carbocycles. The molecule has 0 radical (unpaired) electrons. The highest BCUT2D eigenvalue weighted by Crippen LogP contribution is 2.44. The summed E-state index contributed by atoms with van der Waals surface area (Å²) in [5.41, 5.74) is 15.3. The largest absolute Gasteiger partial charge is 0.455 e. The average molecular weight is 779 g/mol. The van der Waals surface area contributed by atoms with E-state index in [1.54, 1.807) is 0 Å². The van der Waals surface area contributed by atoms with Gasteiger partial charge in [0.1, 0.15) is 11.2 Å². The molecule has 12 aromatic rings. The van der Waals surface area contributed by atoms with Gasteiger partial charge >= 0.3 is 0 Å². The quantitative estimate of drug-likeness (QED) is 0.161. The zero-order valence-corrected chi connectivity index (χ0v) is 33.2. The Hall–Kier alpha value is -8.14. The first-order valence-electron chi connectivity index (χ1n) is 20.8. The summed E-state index contributed by atoms with van der Waals surface area (Å²) in [5.74, 6) is 0. The molecule has 0 aliphatic heterocycles. The Labute approximate surface area is 353 Å². The van der Waals surface area contributed by atoms with E-state index in [1.807, 2.05) is 6.07 Å². The third-order valence-corrected chi connectivity index (χ3v) is 12.2. The summed E-state index contributed by atoms with van der Waals surface area (Å²) < 4.78 is 9.19. The first-order chi connectivity index (χ1) is 30.2. The van der Waals surface area contributed by atoms with Crippen molar-refractivity contribution in [1.29, 1.82) is 0 Å². The molecule has 0 saturated carbocycles. The molecular weight excluding hydrogens is 741 g/mol. The monoisotopic (exact) mass is 778 g/mol. The number of furan rings is 1. The van der Waals surface area contributed by atoms with E-state index in [0.29, 0.717) is 0 Å². The molecule has 0 atom stereocenters. The minimum Gasteiger partial charge on any atom is -0.455 e. The Balaban J connectivity index is 1.06. The lowest BCUT2D eigenvalue weighted by Gasteiger charge is -2.27. The van der Waals surface area contributed by atoms with Gasteiger partial charge in [0.2, 0.25) is 0 Å². The molecule has 0 aliphatic carbocycles. The van der Waals surface area contributed by atoms with Gasteiger partial charge in [-0.05, 0) is 93.9 Å². The molecular formula is C58H38N2O. The van der Waals surface area contributed by atoms with E-state index in [4.69, 9.17) is 4.42 Å². The van der Waals surface area contributed by atoms with Crippen molar-refractivity contribution in [2.75, 3.05) is 4.90 Å². The van der Waals surface area contributed by atoms with Crippen molar-refractivity contribution >= 4 is 71.6 Å². The van der Waals surface area contributed by atoms with E-state index in [0.717, 1.165) is 55.8 Å². The molecule has 2 aromatic heterocycles. The van der Waals surface area contributed by atoms with Gasteiger partial charge in [0.05, 0.1) is 16.7 Å². The van der Waals surface area contributed by atoms with Crippen LogP contribution in [0.3, 0.4) is 0 Å². The third-order valence-electron chi connectivity index (χ3n) is 12.2. The van der Waals surface area contributed by atoms with Crippen LogP contribution in [-0.2, 0) is 0 Å². The number of benzene rings is 10. The molecule has 2 heterocycles. The number of fused-ring (bicyclic) bond motifs is 7. The predicted octanol–water partition coefficient (Wildman–Crippen LogP) is 16.3. The smallest absolute Gasteiger partial charge is 0.143 e. The number of rotatable bonds is 7. The van der Waals surface area contributed by atoms with Gasteiger partial charge in [-0.2, -0.15) is 0 Å². The first-order valence-corrected chi connectivity index (χ1v) is 20.8. The van der Waals surface area contributed by atoms with E-state index >= 15 is 0 Å². The molecule has 0 N–H and O–H groups in total. The highest BCUT2D eigenvalue weighted by molar-refractivity contribution is 6.13. The Kier molecular flexibility index (Phi) is 8.17. The summed E-state index contributed by atoms with van der Waals surface area (Å²) in [4.78, 5) is 2.38. The molecule has 0 aliphatic rings.